The summed E-state index contributed by atoms with van der Waals surface area (Å²) >= 11 is 0. The standard InChI is InChI=1S/C19H14N4O2/c1-12-9-16(22-19(24)25)18(13-5-3-2-4-6-13)23-17(12)14-7-8-15(10-20)21-11-14/h2-9,11,22H,1H3,(H,24,25). The molecule has 2 heterocycles. The van der Waals surface area contributed by atoms with Gasteiger partial charge in [-0.15, -0.1) is 0 Å². The smallest absolute Gasteiger partial charge is 0.409 e. The van der Waals surface area contributed by atoms with Crippen LogP contribution < -0.4 is 5.32 Å². The Kier molecular flexibility index (Phi) is 4.40. The fourth-order valence-electron chi connectivity index (χ4n) is 2.53. The Morgan fingerprint density at radius 2 is 1.88 bits per heavy atom. The van der Waals surface area contributed by atoms with E-state index in [4.69, 9.17) is 10.4 Å². The first-order valence-corrected chi connectivity index (χ1v) is 7.52. The molecule has 0 fully saturated rings. The molecule has 0 aliphatic heterocycles. The van der Waals surface area contributed by atoms with Crippen molar-refractivity contribution < 1.29 is 9.90 Å². The minimum absolute atomic E-state index is 0.328. The van der Waals surface area contributed by atoms with Crippen LogP contribution in [0.1, 0.15) is 11.3 Å². The second kappa shape index (κ2) is 6.81. The van der Waals surface area contributed by atoms with Crippen molar-refractivity contribution in [3.05, 3.63) is 66.0 Å². The van der Waals surface area contributed by atoms with Gasteiger partial charge in [0, 0.05) is 17.3 Å². The van der Waals surface area contributed by atoms with Crippen LogP contribution in [0, 0.1) is 18.3 Å². The van der Waals surface area contributed by atoms with Crippen molar-refractivity contribution in [2.24, 2.45) is 0 Å². The van der Waals surface area contributed by atoms with Crippen LogP contribution in [0.5, 0.6) is 0 Å². The van der Waals surface area contributed by atoms with Crippen LogP contribution >= 0.6 is 0 Å². The zero-order chi connectivity index (χ0) is 17.8. The van der Waals surface area contributed by atoms with Crippen LogP contribution in [0.2, 0.25) is 0 Å². The van der Waals surface area contributed by atoms with E-state index in [-0.39, 0.29) is 0 Å². The molecule has 0 radical (unpaired) electrons. The van der Waals surface area contributed by atoms with E-state index in [1.807, 2.05) is 43.3 Å². The maximum Gasteiger partial charge on any atom is 0.409 e. The quantitative estimate of drug-likeness (QED) is 0.754. The third kappa shape index (κ3) is 3.46. The Balaban J connectivity index is 2.17. The van der Waals surface area contributed by atoms with Gasteiger partial charge in [0.2, 0.25) is 0 Å². The highest BCUT2D eigenvalue weighted by Crippen LogP contribution is 2.32. The first kappa shape index (κ1) is 16.1. The van der Waals surface area contributed by atoms with Gasteiger partial charge in [0.05, 0.1) is 17.1 Å². The van der Waals surface area contributed by atoms with Crippen LogP contribution in [-0.2, 0) is 0 Å². The van der Waals surface area contributed by atoms with Gasteiger partial charge in [-0.3, -0.25) is 5.32 Å². The number of rotatable bonds is 3. The molecule has 1 amide bonds. The average Bonchev–Trinajstić information content (AvgIpc) is 2.62. The normalized spacial score (nSPS) is 10.1. The highest BCUT2D eigenvalue weighted by Gasteiger charge is 2.14. The zero-order valence-corrected chi connectivity index (χ0v) is 13.4. The predicted octanol–water partition coefficient (Wildman–Crippen LogP) is 4.08. The van der Waals surface area contributed by atoms with Crippen molar-refractivity contribution >= 4 is 11.8 Å². The summed E-state index contributed by atoms with van der Waals surface area (Å²) in [6, 6.07) is 16.5. The number of hydrogen-bond donors (Lipinski definition) is 2. The van der Waals surface area contributed by atoms with Gasteiger partial charge in [-0.1, -0.05) is 30.3 Å². The molecule has 1 aromatic carbocycles. The van der Waals surface area contributed by atoms with E-state index in [9.17, 15) is 4.79 Å². The molecule has 122 valence electrons. The van der Waals surface area contributed by atoms with Gasteiger partial charge in [0.25, 0.3) is 0 Å². The molecule has 0 aliphatic carbocycles. The Labute approximate surface area is 144 Å². The Morgan fingerprint density at radius 3 is 2.48 bits per heavy atom. The summed E-state index contributed by atoms with van der Waals surface area (Å²) in [5.41, 5.74) is 4.33. The highest BCUT2D eigenvalue weighted by molar-refractivity contribution is 5.90. The van der Waals surface area contributed by atoms with E-state index in [2.05, 4.69) is 15.3 Å². The van der Waals surface area contributed by atoms with E-state index < -0.39 is 6.09 Å². The molecule has 25 heavy (non-hydrogen) atoms. The summed E-state index contributed by atoms with van der Waals surface area (Å²) in [4.78, 5) is 19.9. The maximum absolute atomic E-state index is 11.1. The number of nitrogens with one attached hydrogen (secondary N) is 1. The van der Waals surface area contributed by atoms with Gasteiger partial charge in [-0.05, 0) is 30.7 Å². The van der Waals surface area contributed by atoms with E-state index in [1.165, 1.54) is 0 Å². The first-order chi connectivity index (χ1) is 12.1. The van der Waals surface area contributed by atoms with Crippen LogP contribution in [0.25, 0.3) is 22.5 Å². The number of carboxylic acid groups (broad SMARTS) is 1. The average molecular weight is 330 g/mol. The van der Waals surface area contributed by atoms with Crippen molar-refractivity contribution in [2.45, 2.75) is 6.92 Å². The molecule has 0 aliphatic rings. The van der Waals surface area contributed by atoms with Crippen LogP contribution in [0.3, 0.4) is 0 Å². The number of aryl methyl sites for hydroxylation is 1. The molecule has 2 N–H and O–H groups in total. The molecule has 0 atom stereocenters. The summed E-state index contributed by atoms with van der Waals surface area (Å²) in [5.74, 6) is 0. The number of benzene rings is 1. The Morgan fingerprint density at radius 1 is 1.12 bits per heavy atom. The molecule has 0 saturated heterocycles. The fraction of sp³-hybridized carbons (Fsp3) is 0.0526. The minimum atomic E-state index is -1.15. The molecule has 2 aromatic heterocycles. The second-order valence-electron chi connectivity index (χ2n) is 5.39. The lowest BCUT2D eigenvalue weighted by Gasteiger charge is -2.14. The molecule has 0 unspecified atom stereocenters. The van der Waals surface area contributed by atoms with Crippen LogP contribution in [0.4, 0.5) is 10.5 Å². The van der Waals surface area contributed by atoms with Gasteiger partial charge < -0.3 is 5.11 Å². The van der Waals surface area contributed by atoms with Crippen molar-refractivity contribution in [1.82, 2.24) is 9.97 Å². The first-order valence-electron chi connectivity index (χ1n) is 7.52. The molecule has 6 nitrogen and oxygen atoms in total. The molecule has 3 aromatic rings. The number of aromatic nitrogens is 2. The summed E-state index contributed by atoms with van der Waals surface area (Å²) < 4.78 is 0. The zero-order valence-electron chi connectivity index (χ0n) is 13.4. The van der Waals surface area contributed by atoms with E-state index in [1.54, 1.807) is 24.4 Å². The van der Waals surface area contributed by atoms with Crippen molar-refractivity contribution in [3.63, 3.8) is 0 Å². The molecular weight excluding hydrogens is 316 g/mol. The number of pyridine rings is 2. The lowest BCUT2D eigenvalue weighted by molar-refractivity contribution is 0.210. The molecule has 0 saturated carbocycles. The largest absolute Gasteiger partial charge is 0.465 e. The molecular formula is C19H14N4O2. The number of nitrogens with zero attached hydrogens (tertiary/aromatic N) is 3. The van der Waals surface area contributed by atoms with Crippen molar-refractivity contribution in [2.75, 3.05) is 5.32 Å². The molecule has 6 heteroatoms. The SMILES string of the molecule is Cc1cc(NC(=O)O)c(-c2ccccc2)nc1-c1ccc(C#N)nc1. The van der Waals surface area contributed by atoms with Gasteiger partial charge in [0.15, 0.2) is 0 Å². The number of carbonyl (C=O) groups is 1. The van der Waals surface area contributed by atoms with E-state index >= 15 is 0 Å². The summed E-state index contributed by atoms with van der Waals surface area (Å²) in [6.45, 7) is 1.85. The Bertz CT molecular complexity index is 961. The summed E-state index contributed by atoms with van der Waals surface area (Å²) in [5, 5.41) is 20.4. The topological polar surface area (TPSA) is 98.9 Å². The molecule has 3 rings (SSSR count). The maximum atomic E-state index is 11.1. The minimum Gasteiger partial charge on any atom is -0.465 e. The molecule has 0 spiro atoms. The van der Waals surface area contributed by atoms with Crippen LogP contribution in [-0.4, -0.2) is 21.2 Å². The van der Waals surface area contributed by atoms with Crippen molar-refractivity contribution in [1.29, 1.82) is 5.26 Å². The van der Waals surface area contributed by atoms with Crippen molar-refractivity contribution in [3.8, 4) is 28.6 Å². The van der Waals surface area contributed by atoms with E-state index in [0.29, 0.717) is 22.8 Å². The lowest BCUT2D eigenvalue weighted by Crippen LogP contribution is -2.10. The van der Waals surface area contributed by atoms with Gasteiger partial charge >= 0.3 is 6.09 Å². The number of nitriles is 1. The lowest BCUT2D eigenvalue weighted by atomic mass is 10.0. The third-order valence-corrected chi connectivity index (χ3v) is 3.65. The predicted molar refractivity (Wildman–Crippen MR) is 94.0 cm³/mol. The summed E-state index contributed by atoms with van der Waals surface area (Å²) in [7, 11) is 0. The number of amides is 1. The summed E-state index contributed by atoms with van der Waals surface area (Å²) in [6.07, 6.45) is 0.443. The third-order valence-electron chi connectivity index (χ3n) is 3.65. The highest BCUT2D eigenvalue weighted by atomic mass is 16.4. The Hall–Kier alpha value is -3.72. The van der Waals surface area contributed by atoms with Gasteiger partial charge in [-0.25, -0.2) is 14.8 Å². The monoisotopic (exact) mass is 330 g/mol. The number of anilines is 1. The van der Waals surface area contributed by atoms with Gasteiger partial charge in [-0.2, -0.15) is 5.26 Å². The number of hydrogen-bond acceptors (Lipinski definition) is 4. The van der Waals surface area contributed by atoms with E-state index in [0.717, 1.165) is 16.7 Å². The second-order valence-corrected chi connectivity index (χ2v) is 5.39. The fourth-order valence-corrected chi connectivity index (χ4v) is 2.53. The van der Waals surface area contributed by atoms with Crippen LogP contribution in [0.15, 0.2) is 54.7 Å². The van der Waals surface area contributed by atoms with Gasteiger partial charge in [0.1, 0.15) is 11.8 Å². The molecule has 0 bridgehead atoms.